The van der Waals surface area contributed by atoms with Crippen molar-refractivity contribution in [1.29, 1.82) is 0 Å². The molecule has 20 valence electrons. The Hall–Kier alpha value is 4.58. The first kappa shape index (κ1) is 23.5. The Morgan fingerprint density at radius 2 is 0.750 bits per heavy atom. The summed E-state index contributed by atoms with van der Waals surface area (Å²) in [6.07, 6.45) is 0. The molecule has 0 aromatic carbocycles. The fourth-order valence-corrected chi connectivity index (χ4v) is 0. The van der Waals surface area contributed by atoms with Crippen molar-refractivity contribution >= 4 is 143 Å². The van der Waals surface area contributed by atoms with Crippen molar-refractivity contribution < 1.29 is 5.48 Å². The van der Waals surface area contributed by atoms with E-state index in [-0.39, 0.29) is 149 Å². The van der Waals surface area contributed by atoms with Gasteiger partial charge in [0.15, 0.2) is 0 Å². The van der Waals surface area contributed by atoms with Crippen LogP contribution in [0, 0.1) is 0 Å². The standard InChI is InChI=1S/2Ba.H2O.Sr.6H/h;;1H2;;;;;;;. The van der Waals surface area contributed by atoms with Gasteiger partial charge in [0.25, 0.3) is 0 Å². The number of hydrogen-bond acceptors (Lipinski definition) is 0. The van der Waals surface area contributed by atoms with E-state index in [1.54, 1.807) is 0 Å². The van der Waals surface area contributed by atoms with Crippen molar-refractivity contribution in [3.05, 3.63) is 0 Å². The molecule has 0 saturated heterocycles. The summed E-state index contributed by atoms with van der Waals surface area (Å²) >= 11 is 0. The summed E-state index contributed by atoms with van der Waals surface area (Å²) in [6.45, 7) is 0. The number of rotatable bonds is 0. The van der Waals surface area contributed by atoms with E-state index < -0.39 is 0 Å². The van der Waals surface area contributed by atoms with Crippen molar-refractivity contribution in [1.82, 2.24) is 0 Å². The molecule has 0 fully saturated rings. The second-order valence-electron chi connectivity index (χ2n) is 0. The summed E-state index contributed by atoms with van der Waals surface area (Å²) in [7, 11) is 0. The fourth-order valence-electron chi connectivity index (χ4n) is 0. The van der Waals surface area contributed by atoms with Crippen LogP contribution in [0.3, 0.4) is 0 Å². The maximum absolute atomic E-state index is 0. The van der Waals surface area contributed by atoms with Crippen molar-refractivity contribution in [2.75, 3.05) is 0 Å². The Kier molecular flexibility index (Phi) is 91.9. The molecule has 0 aromatic heterocycles. The van der Waals surface area contributed by atoms with Crippen molar-refractivity contribution in [2.45, 2.75) is 0 Å². The van der Waals surface area contributed by atoms with Gasteiger partial charge in [-0.25, -0.2) is 0 Å². The Balaban J connectivity index is 0. The van der Waals surface area contributed by atoms with E-state index in [9.17, 15) is 0 Å². The topological polar surface area (TPSA) is 31.5 Å². The van der Waals surface area contributed by atoms with Crippen LogP contribution >= 0.6 is 0 Å². The van der Waals surface area contributed by atoms with Gasteiger partial charge in [-0.15, -0.1) is 0 Å². The predicted octanol–water partition coefficient (Wildman–Crippen LogP) is -3.57. The molecule has 0 saturated carbocycles. The van der Waals surface area contributed by atoms with Gasteiger partial charge in [-0.3, -0.25) is 0 Å². The molecule has 0 amide bonds. The molecule has 1 nitrogen and oxygen atoms in total. The summed E-state index contributed by atoms with van der Waals surface area (Å²) in [5.74, 6) is 0. The molecule has 4 heteroatoms. The molecule has 0 bridgehead atoms. The van der Waals surface area contributed by atoms with Crippen LogP contribution in [0.4, 0.5) is 0 Å². The van der Waals surface area contributed by atoms with Gasteiger partial charge in [-0.05, 0) is 0 Å². The summed E-state index contributed by atoms with van der Waals surface area (Å²) in [6, 6.07) is 0. The first-order valence-corrected chi connectivity index (χ1v) is 0. The molecular formula is H8Ba2OSr. The van der Waals surface area contributed by atoms with Gasteiger partial charge in [0.2, 0.25) is 0 Å². The number of hydrogen-bond donors (Lipinski definition) is 0. The summed E-state index contributed by atoms with van der Waals surface area (Å²) < 4.78 is 0. The van der Waals surface area contributed by atoms with E-state index >= 15 is 0 Å². The third-order valence-corrected chi connectivity index (χ3v) is 0. The van der Waals surface area contributed by atoms with Gasteiger partial charge >= 0.3 is 143 Å². The van der Waals surface area contributed by atoms with Crippen LogP contribution in [0.5, 0.6) is 0 Å². The molecule has 0 atom stereocenters. The van der Waals surface area contributed by atoms with Gasteiger partial charge in [-0.2, -0.15) is 0 Å². The molecule has 0 aliphatic carbocycles. The SMILES string of the molecule is O.[BaH2].[BaH2].[SrH2]. The molecule has 0 aliphatic rings. The van der Waals surface area contributed by atoms with Gasteiger partial charge in [0.1, 0.15) is 0 Å². The van der Waals surface area contributed by atoms with Gasteiger partial charge in [0.05, 0.1) is 0 Å². The van der Waals surface area contributed by atoms with Crippen LogP contribution in [-0.4, -0.2) is 149 Å². The third-order valence-electron chi connectivity index (χ3n) is 0. The van der Waals surface area contributed by atoms with Crippen LogP contribution in [0.25, 0.3) is 0 Å². The molecule has 0 heterocycles. The zero-order valence-corrected chi connectivity index (χ0v) is 0.500. The van der Waals surface area contributed by atoms with E-state index in [2.05, 4.69) is 0 Å². The van der Waals surface area contributed by atoms with Gasteiger partial charge in [-0.1, -0.05) is 0 Å². The van der Waals surface area contributed by atoms with Crippen LogP contribution < -0.4 is 0 Å². The van der Waals surface area contributed by atoms with Crippen molar-refractivity contribution in [3.63, 3.8) is 0 Å². The zero-order chi connectivity index (χ0) is 0. The van der Waals surface area contributed by atoms with E-state index in [0.29, 0.717) is 0 Å². The van der Waals surface area contributed by atoms with Crippen LogP contribution in [0.2, 0.25) is 0 Å². The Morgan fingerprint density at radius 3 is 0.750 bits per heavy atom. The summed E-state index contributed by atoms with van der Waals surface area (Å²) in [5, 5.41) is 0. The average Bonchev–Trinajstić information content (AvgIpc) is 0. The fraction of sp³-hybridized carbons (Fsp3) is 0. The second-order valence-corrected chi connectivity index (χ2v) is 0. The van der Waals surface area contributed by atoms with Gasteiger partial charge in [0, 0.05) is 0 Å². The molecule has 2 N–H and O–H groups in total. The molecule has 0 rings (SSSR count). The minimum atomic E-state index is 0. The third kappa shape index (κ3) is 9.77. The first-order chi connectivity index (χ1) is 0. The van der Waals surface area contributed by atoms with E-state index in [1.165, 1.54) is 0 Å². The quantitative estimate of drug-likeness (QED) is 0.386. The normalized spacial score (nSPS) is 0. The van der Waals surface area contributed by atoms with Gasteiger partial charge < -0.3 is 5.48 Å². The molecule has 0 spiro atoms. The first-order valence-electron chi connectivity index (χ1n) is 0. The predicted molar refractivity (Wildman–Crippen MR) is 29.2 cm³/mol. The summed E-state index contributed by atoms with van der Waals surface area (Å²) in [5.41, 5.74) is 0. The second kappa shape index (κ2) is 15.6. The minimum absolute atomic E-state index is 0. The monoisotopic (exact) mass is 388 g/mol. The van der Waals surface area contributed by atoms with Crippen molar-refractivity contribution in [3.8, 4) is 0 Å². The van der Waals surface area contributed by atoms with Crippen LogP contribution in [0.15, 0.2) is 0 Å². The molecule has 4 heavy (non-hydrogen) atoms. The van der Waals surface area contributed by atoms with Crippen LogP contribution in [-0.2, 0) is 0 Å². The molecule has 0 radical (unpaired) electrons. The molecule has 0 aromatic rings. The van der Waals surface area contributed by atoms with E-state index in [4.69, 9.17) is 0 Å². The Labute approximate surface area is 143 Å². The Morgan fingerprint density at radius 1 is 0.750 bits per heavy atom. The van der Waals surface area contributed by atoms with Crippen LogP contribution in [0.1, 0.15) is 0 Å². The molecular weight excluding hydrogens is 378 g/mol. The molecule has 0 unspecified atom stereocenters. The summed E-state index contributed by atoms with van der Waals surface area (Å²) in [4.78, 5) is 0. The molecule has 0 aliphatic heterocycles. The average molecular weight is 386 g/mol. The Bertz CT molecular complexity index is 6.00. The van der Waals surface area contributed by atoms with E-state index in [1.807, 2.05) is 0 Å². The zero-order valence-electron chi connectivity index (χ0n) is 0.500. The maximum atomic E-state index is 0. The van der Waals surface area contributed by atoms with Crippen molar-refractivity contribution in [2.24, 2.45) is 0 Å². The van der Waals surface area contributed by atoms with E-state index in [0.717, 1.165) is 0 Å².